The molecule has 0 radical (unpaired) electrons. The Kier molecular flexibility index (Phi) is 2.44. The highest BCUT2D eigenvalue weighted by atomic mass is 79.9. The van der Waals surface area contributed by atoms with Crippen molar-refractivity contribution < 1.29 is 4.39 Å². The summed E-state index contributed by atoms with van der Waals surface area (Å²) in [6, 6.07) is 12.3. The van der Waals surface area contributed by atoms with E-state index in [0.29, 0.717) is 5.52 Å². The first-order valence-electron chi connectivity index (χ1n) is 5.13. The Morgan fingerprint density at radius 3 is 2.59 bits per heavy atom. The quantitative estimate of drug-likeness (QED) is 0.717. The van der Waals surface area contributed by atoms with Crippen LogP contribution in [0.25, 0.3) is 22.4 Å². The van der Waals surface area contributed by atoms with Gasteiger partial charge in [0.1, 0.15) is 11.6 Å². The molecule has 0 aliphatic carbocycles. The molecule has 84 valence electrons. The van der Waals surface area contributed by atoms with E-state index in [4.69, 9.17) is 0 Å². The van der Waals surface area contributed by atoms with Gasteiger partial charge in [-0.2, -0.15) is 0 Å². The molecule has 1 N–H and O–H groups in total. The molecule has 0 bridgehead atoms. The van der Waals surface area contributed by atoms with Gasteiger partial charge in [0.15, 0.2) is 0 Å². The average molecular weight is 291 g/mol. The Balaban J connectivity index is 2.14. The molecule has 0 spiro atoms. The van der Waals surface area contributed by atoms with Crippen molar-refractivity contribution in [3.63, 3.8) is 0 Å². The third kappa shape index (κ3) is 1.96. The van der Waals surface area contributed by atoms with E-state index in [1.807, 2.05) is 24.3 Å². The first-order valence-corrected chi connectivity index (χ1v) is 5.93. The topological polar surface area (TPSA) is 28.7 Å². The van der Waals surface area contributed by atoms with Gasteiger partial charge in [-0.3, -0.25) is 0 Å². The number of hydrogen-bond donors (Lipinski definition) is 1. The lowest BCUT2D eigenvalue weighted by molar-refractivity contribution is 0.629. The summed E-state index contributed by atoms with van der Waals surface area (Å²) in [5.41, 5.74) is 2.46. The van der Waals surface area contributed by atoms with E-state index in [0.717, 1.165) is 21.4 Å². The summed E-state index contributed by atoms with van der Waals surface area (Å²) < 4.78 is 14.1. The maximum absolute atomic E-state index is 13.0. The van der Waals surface area contributed by atoms with E-state index in [1.165, 1.54) is 12.1 Å². The van der Waals surface area contributed by atoms with Gasteiger partial charge in [0, 0.05) is 10.0 Å². The Morgan fingerprint density at radius 1 is 1.06 bits per heavy atom. The van der Waals surface area contributed by atoms with E-state index in [1.54, 1.807) is 6.07 Å². The van der Waals surface area contributed by atoms with Crippen LogP contribution in [0.2, 0.25) is 0 Å². The van der Waals surface area contributed by atoms with E-state index in [-0.39, 0.29) is 5.82 Å². The van der Waals surface area contributed by atoms with Gasteiger partial charge in [-0.25, -0.2) is 9.37 Å². The highest BCUT2D eigenvalue weighted by molar-refractivity contribution is 9.10. The van der Waals surface area contributed by atoms with Crippen LogP contribution in [0.5, 0.6) is 0 Å². The SMILES string of the molecule is Fc1ccc2nc(-c3ccc(Br)cc3)[nH]c2c1. The lowest BCUT2D eigenvalue weighted by Crippen LogP contribution is -1.78. The molecule has 3 aromatic rings. The van der Waals surface area contributed by atoms with E-state index in [9.17, 15) is 4.39 Å². The minimum absolute atomic E-state index is 0.261. The molecular weight excluding hydrogens is 283 g/mol. The van der Waals surface area contributed by atoms with Crippen molar-refractivity contribution in [2.45, 2.75) is 0 Å². The number of benzene rings is 2. The second-order valence-corrected chi connectivity index (χ2v) is 4.67. The van der Waals surface area contributed by atoms with Gasteiger partial charge in [0.25, 0.3) is 0 Å². The Hall–Kier alpha value is -1.68. The van der Waals surface area contributed by atoms with Crippen molar-refractivity contribution in [3.05, 3.63) is 52.8 Å². The summed E-state index contributed by atoms with van der Waals surface area (Å²) in [5, 5.41) is 0. The standard InChI is InChI=1S/C13H8BrFN2/c14-9-3-1-8(2-4-9)13-16-11-6-5-10(15)7-12(11)17-13/h1-7H,(H,16,17). The fourth-order valence-corrected chi connectivity index (χ4v) is 1.99. The van der Waals surface area contributed by atoms with Gasteiger partial charge in [0.05, 0.1) is 11.0 Å². The third-order valence-electron chi connectivity index (χ3n) is 2.56. The molecule has 0 aliphatic rings. The largest absolute Gasteiger partial charge is 0.338 e. The Labute approximate surface area is 106 Å². The van der Waals surface area contributed by atoms with E-state index in [2.05, 4.69) is 25.9 Å². The average Bonchev–Trinajstić information content (AvgIpc) is 2.72. The molecule has 1 heterocycles. The number of rotatable bonds is 1. The molecule has 0 unspecified atom stereocenters. The summed E-state index contributed by atoms with van der Waals surface area (Å²) in [5.74, 6) is 0.488. The fraction of sp³-hybridized carbons (Fsp3) is 0. The summed E-state index contributed by atoms with van der Waals surface area (Å²) in [6.07, 6.45) is 0. The first-order chi connectivity index (χ1) is 8.22. The Morgan fingerprint density at radius 2 is 1.82 bits per heavy atom. The number of imidazole rings is 1. The first kappa shape index (κ1) is 10.5. The van der Waals surface area contributed by atoms with Gasteiger partial charge < -0.3 is 4.98 Å². The van der Waals surface area contributed by atoms with Crippen LogP contribution >= 0.6 is 15.9 Å². The summed E-state index contributed by atoms with van der Waals surface area (Å²) in [6.45, 7) is 0. The number of nitrogens with one attached hydrogen (secondary N) is 1. The van der Waals surface area contributed by atoms with Gasteiger partial charge in [-0.1, -0.05) is 28.1 Å². The number of fused-ring (bicyclic) bond motifs is 1. The molecular formula is C13H8BrFN2. The van der Waals surface area contributed by atoms with E-state index < -0.39 is 0 Å². The van der Waals surface area contributed by atoms with Crippen molar-refractivity contribution in [1.82, 2.24) is 9.97 Å². The molecule has 0 fully saturated rings. The normalized spacial score (nSPS) is 10.9. The molecule has 4 heteroatoms. The Bertz CT molecular complexity index is 673. The van der Waals surface area contributed by atoms with Crippen molar-refractivity contribution in [2.75, 3.05) is 0 Å². The van der Waals surface area contributed by atoms with E-state index >= 15 is 0 Å². The minimum Gasteiger partial charge on any atom is -0.338 e. The van der Waals surface area contributed by atoms with Crippen LogP contribution in [0.15, 0.2) is 46.9 Å². The highest BCUT2D eigenvalue weighted by Crippen LogP contribution is 2.22. The minimum atomic E-state index is -0.261. The van der Waals surface area contributed by atoms with Crippen LogP contribution in [-0.4, -0.2) is 9.97 Å². The predicted octanol–water partition coefficient (Wildman–Crippen LogP) is 4.13. The maximum atomic E-state index is 13.0. The number of hydrogen-bond acceptors (Lipinski definition) is 1. The van der Waals surface area contributed by atoms with Gasteiger partial charge in [0.2, 0.25) is 0 Å². The summed E-state index contributed by atoms with van der Waals surface area (Å²) >= 11 is 3.38. The molecule has 17 heavy (non-hydrogen) atoms. The van der Waals surface area contributed by atoms with Crippen molar-refractivity contribution in [3.8, 4) is 11.4 Å². The molecule has 0 saturated heterocycles. The monoisotopic (exact) mass is 290 g/mol. The summed E-state index contributed by atoms with van der Waals surface area (Å²) in [4.78, 5) is 7.52. The van der Waals surface area contributed by atoms with Crippen LogP contribution < -0.4 is 0 Å². The number of halogens is 2. The van der Waals surface area contributed by atoms with Crippen molar-refractivity contribution >= 4 is 27.0 Å². The molecule has 0 amide bonds. The number of H-pyrrole nitrogens is 1. The third-order valence-corrected chi connectivity index (χ3v) is 3.09. The lowest BCUT2D eigenvalue weighted by Gasteiger charge is -1.95. The number of aromatic nitrogens is 2. The molecule has 0 atom stereocenters. The van der Waals surface area contributed by atoms with Crippen LogP contribution in [-0.2, 0) is 0 Å². The van der Waals surface area contributed by atoms with Crippen molar-refractivity contribution in [1.29, 1.82) is 0 Å². The zero-order valence-electron chi connectivity index (χ0n) is 8.74. The van der Waals surface area contributed by atoms with Gasteiger partial charge in [-0.05, 0) is 30.3 Å². The highest BCUT2D eigenvalue weighted by Gasteiger charge is 2.05. The molecule has 0 saturated carbocycles. The second kappa shape index (κ2) is 3.96. The zero-order chi connectivity index (χ0) is 11.8. The number of nitrogens with zero attached hydrogens (tertiary/aromatic N) is 1. The predicted molar refractivity (Wildman–Crippen MR) is 69.2 cm³/mol. The van der Waals surface area contributed by atoms with Gasteiger partial charge >= 0.3 is 0 Å². The van der Waals surface area contributed by atoms with Crippen molar-refractivity contribution in [2.24, 2.45) is 0 Å². The molecule has 2 aromatic carbocycles. The molecule has 0 aliphatic heterocycles. The molecule has 3 rings (SSSR count). The molecule has 2 nitrogen and oxygen atoms in total. The van der Waals surface area contributed by atoms with Crippen LogP contribution in [0.3, 0.4) is 0 Å². The van der Waals surface area contributed by atoms with Crippen LogP contribution in [0.4, 0.5) is 4.39 Å². The zero-order valence-corrected chi connectivity index (χ0v) is 10.3. The van der Waals surface area contributed by atoms with Crippen LogP contribution in [0.1, 0.15) is 0 Å². The lowest BCUT2D eigenvalue weighted by atomic mass is 10.2. The smallest absolute Gasteiger partial charge is 0.138 e. The second-order valence-electron chi connectivity index (χ2n) is 3.75. The fourth-order valence-electron chi connectivity index (χ4n) is 1.73. The van der Waals surface area contributed by atoms with Crippen LogP contribution in [0, 0.1) is 5.82 Å². The maximum Gasteiger partial charge on any atom is 0.138 e. The summed E-state index contributed by atoms with van der Waals surface area (Å²) in [7, 11) is 0. The number of aromatic amines is 1. The molecule has 1 aromatic heterocycles. The van der Waals surface area contributed by atoms with Gasteiger partial charge in [-0.15, -0.1) is 0 Å².